The van der Waals surface area contributed by atoms with Crippen molar-refractivity contribution >= 4 is 29.4 Å². The van der Waals surface area contributed by atoms with Crippen molar-refractivity contribution in [1.29, 1.82) is 0 Å². The molecule has 7 heteroatoms. The van der Waals surface area contributed by atoms with Crippen LogP contribution >= 0.6 is 11.6 Å². The first-order chi connectivity index (χ1) is 17.7. The van der Waals surface area contributed by atoms with Crippen LogP contribution in [0.2, 0.25) is 5.02 Å². The van der Waals surface area contributed by atoms with Crippen LogP contribution in [0.15, 0.2) is 72.8 Å². The molecule has 0 saturated carbocycles. The van der Waals surface area contributed by atoms with Crippen LogP contribution in [0, 0.1) is 5.92 Å². The van der Waals surface area contributed by atoms with Crippen molar-refractivity contribution in [3.8, 4) is 11.1 Å². The van der Waals surface area contributed by atoms with E-state index in [0.29, 0.717) is 35.2 Å². The van der Waals surface area contributed by atoms with E-state index in [1.54, 1.807) is 36.4 Å². The lowest BCUT2D eigenvalue weighted by atomic mass is 9.89. The van der Waals surface area contributed by atoms with E-state index in [0.717, 1.165) is 18.4 Å². The predicted octanol–water partition coefficient (Wildman–Crippen LogP) is 5.87. The number of carboxylic acid groups (broad SMARTS) is 1. The minimum atomic E-state index is -1.01. The monoisotopic (exact) mass is 518 g/mol. The molecule has 1 aliphatic rings. The van der Waals surface area contributed by atoms with Crippen LogP contribution < -0.4 is 5.32 Å². The molecule has 3 aromatic carbocycles. The number of nitrogens with one attached hydrogen (secondary N) is 1. The Bertz CT molecular complexity index is 1280. The minimum absolute atomic E-state index is 0.0665. The van der Waals surface area contributed by atoms with Crippen molar-refractivity contribution in [3.05, 3.63) is 94.5 Å². The lowest BCUT2D eigenvalue weighted by Crippen LogP contribution is -2.52. The van der Waals surface area contributed by atoms with E-state index in [4.69, 9.17) is 11.6 Å². The minimum Gasteiger partial charge on any atom is -0.478 e. The summed E-state index contributed by atoms with van der Waals surface area (Å²) in [4.78, 5) is 39.8. The number of amides is 2. The highest BCUT2D eigenvalue weighted by Crippen LogP contribution is 2.29. The van der Waals surface area contributed by atoms with Gasteiger partial charge in [0, 0.05) is 23.7 Å². The summed E-state index contributed by atoms with van der Waals surface area (Å²) in [5.41, 5.74) is 3.26. The topological polar surface area (TPSA) is 86.7 Å². The molecule has 3 aromatic rings. The molecular weight excluding hydrogens is 488 g/mol. The molecule has 4 rings (SSSR count). The molecule has 1 atom stereocenters. The number of hydrogen-bond acceptors (Lipinski definition) is 3. The highest BCUT2D eigenvalue weighted by Gasteiger charge is 2.31. The number of carbonyl (C=O) groups excluding carboxylic acids is 2. The molecule has 37 heavy (non-hydrogen) atoms. The number of nitrogens with zero attached hydrogens (tertiary/aromatic N) is 1. The lowest BCUT2D eigenvalue weighted by molar-refractivity contribution is -0.135. The summed E-state index contributed by atoms with van der Waals surface area (Å²) < 4.78 is 0. The molecule has 192 valence electrons. The smallest absolute Gasteiger partial charge is 0.335 e. The van der Waals surface area contributed by atoms with Gasteiger partial charge in [0.2, 0.25) is 5.91 Å². The Morgan fingerprint density at radius 2 is 1.46 bits per heavy atom. The summed E-state index contributed by atoms with van der Waals surface area (Å²) in [6, 6.07) is 20.8. The van der Waals surface area contributed by atoms with E-state index in [2.05, 4.69) is 5.32 Å². The van der Waals surface area contributed by atoms with Crippen LogP contribution in [0.5, 0.6) is 0 Å². The van der Waals surface area contributed by atoms with Gasteiger partial charge in [-0.3, -0.25) is 9.59 Å². The Balaban J connectivity index is 1.43. The molecule has 0 unspecified atom stereocenters. The summed E-state index contributed by atoms with van der Waals surface area (Å²) in [5.74, 6) is -1.11. The predicted molar refractivity (Wildman–Crippen MR) is 145 cm³/mol. The first-order valence-corrected chi connectivity index (χ1v) is 12.9. The van der Waals surface area contributed by atoms with Gasteiger partial charge < -0.3 is 15.3 Å². The molecule has 1 saturated heterocycles. The third-order valence-corrected chi connectivity index (χ3v) is 7.19. The maximum atomic E-state index is 13.4. The van der Waals surface area contributed by atoms with Gasteiger partial charge in [-0.1, -0.05) is 61.8 Å². The standard InChI is InChI=1S/C30H31ClN2O4/c1-19(2)27(29(35)33-15-13-21(14-16-33)20-9-11-26(31)12-10-20)32-28(34)24-7-3-5-22(17-24)23-6-4-8-25(18-23)30(36)37/h3-12,17-19,21,27H,13-16H2,1-2H3,(H,32,34)(H,36,37)/t27-/m1/s1. The van der Waals surface area contributed by atoms with Crippen LogP contribution in [-0.4, -0.2) is 46.9 Å². The van der Waals surface area contributed by atoms with E-state index in [1.165, 1.54) is 11.6 Å². The number of aromatic carboxylic acids is 1. The summed E-state index contributed by atoms with van der Waals surface area (Å²) in [7, 11) is 0. The number of rotatable bonds is 7. The SMILES string of the molecule is CC(C)[C@@H](NC(=O)c1cccc(-c2cccc(C(=O)O)c2)c1)C(=O)N1CCC(c2ccc(Cl)cc2)CC1. The van der Waals surface area contributed by atoms with Gasteiger partial charge in [0.1, 0.15) is 6.04 Å². The van der Waals surface area contributed by atoms with Crippen LogP contribution in [0.25, 0.3) is 11.1 Å². The first-order valence-electron chi connectivity index (χ1n) is 12.5. The molecule has 0 bridgehead atoms. The van der Waals surface area contributed by atoms with Gasteiger partial charge in [0.05, 0.1) is 5.56 Å². The maximum Gasteiger partial charge on any atom is 0.335 e. The zero-order valence-electron chi connectivity index (χ0n) is 21.0. The fourth-order valence-corrected chi connectivity index (χ4v) is 4.90. The van der Waals surface area contributed by atoms with E-state index in [9.17, 15) is 19.5 Å². The van der Waals surface area contributed by atoms with Crippen molar-refractivity contribution in [2.45, 2.75) is 38.6 Å². The van der Waals surface area contributed by atoms with E-state index >= 15 is 0 Å². The Kier molecular flexibility index (Phi) is 8.29. The molecule has 2 amide bonds. The average Bonchev–Trinajstić information content (AvgIpc) is 2.91. The Morgan fingerprint density at radius 3 is 2.03 bits per heavy atom. The third kappa shape index (κ3) is 6.38. The molecule has 6 nitrogen and oxygen atoms in total. The fraction of sp³-hybridized carbons (Fsp3) is 0.300. The number of piperidine rings is 1. The molecule has 1 heterocycles. The number of benzene rings is 3. The van der Waals surface area contributed by atoms with Gasteiger partial charge >= 0.3 is 5.97 Å². The number of carbonyl (C=O) groups is 3. The summed E-state index contributed by atoms with van der Waals surface area (Å²) >= 11 is 6.01. The number of halogens is 1. The summed E-state index contributed by atoms with van der Waals surface area (Å²) in [6.07, 6.45) is 1.73. The van der Waals surface area contributed by atoms with Gasteiger partial charge in [0.15, 0.2) is 0 Å². The van der Waals surface area contributed by atoms with Crippen LogP contribution in [0.1, 0.15) is 58.9 Å². The van der Waals surface area contributed by atoms with E-state index in [-0.39, 0.29) is 23.3 Å². The number of hydrogen-bond donors (Lipinski definition) is 2. The zero-order valence-corrected chi connectivity index (χ0v) is 21.7. The largest absolute Gasteiger partial charge is 0.478 e. The van der Waals surface area contributed by atoms with Gasteiger partial charge in [-0.25, -0.2) is 4.79 Å². The molecule has 0 aromatic heterocycles. The van der Waals surface area contributed by atoms with Gasteiger partial charge in [-0.05, 0) is 77.8 Å². The van der Waals surface area contributed by atoms with Gasteiger partial charge in [0.25, 0.3) is 5.91 Å². The molecule has 2 N–H and O–H groups in total. The van der Waals surface area contributed by atoms with Crippen LogP contribution in [0.3, 0.4) is 0 Å². The van der Waals surface area contributed by atoms with Gasteiger partial charge in [-0.2, -0.15) is 0 Å². The number of likely N-dealkylation sites (tertiary alicyclic amines) is 1. The van der Waals surface area contributed by atoms with E-state index < -0.39 is 12.0 Å². The van der Waals surface area contributed by atoms with E-state index in [1.807, 2.05) is 49.1 Å². The Morgan fingerprint density at radius 1 is 0.892 bits per heavy atom. The second-order valence-electron chi connectivity index (χ2n) is 9.81. The summed E-state index contributed by atoms with van der Waals surface area (Å²) in [5, 5.41) is 12.9. The van der Waals surface area contributed by atoms with Crippen LogP contribution in [0.4, 0.5) is 0 Å². The highest BCUT2D eigenvalue weighted by atomic mass is 35.5. The highest BCUT2D eigenvalue weighted by molar-refractivity contribution is 6.30. The first kappa shape index (κ1) is 26.4. The molecule has 0 spiro atoms. The quantitative estimate of drug-likeness (QED) is 0.410. The third-order valence-electron chi connectivity index (χ3n) is 6.93. The Hall–Kier alpha value is -3.64. The summed E-state index contributed by atoms with van der Waals surface area (Å²) in [6.45, 7) is 5.13. The fourth-order valence-electron chi connectivity index (χ4n) is 4.77. The Labute approximate surface area is 222 Å². The van der Waals surface area contributed by atoms with Gasteiger partial charge in [-0.15, -0.1) is 0 Å². The molecule has 0 aliphatic carbocycles. The lowest BCUT2D eigenvalue weighted by Gasteiger charge is -2.35. The molecule has 1 fully saturated rings. The second-order valence-corrected chi connectivity index (χ2v) is 10.2. The normalized spacial score (nSPS) is 14.9. The maximum absolute atomic E-state index is 13.4. The van der Waals surface area contributed by atoms with Crippen LogP contribution in [-0.2, 0) is 4.79 Å². The molecule has 0 radical (unpaired) electrons. The van der Waals surface area contributed by atoms with Crippen molar-refractivity contribution in [1.82, 2.24) is 10.2 Å². The average molecular weight is 519 g/mol. The molecule has 1 aliphatic heterocycles. The zero-order chi connectivity index (χ0) is 26.5. The van der Waals surface area contributed by atoms with Crippen molar-refractivity contribution in [3.63, 3.8) is 0 Å². The van der Waals surface area contributed by atoms with Crippen molar-refractivity contribution < 1.29 is 19.5 Å². The van der Waals surface area contributed by atoms with Crippen molar-refractivity contribution in [2.24, 2.45) is 5.92 Å². The molecular formula is C30H31ClN2O4. The second kappa shape index (κ2) is 11.6. The van der Waals surface area contributed by atoms with Crippen molar-refractivity contribution in [2.75, 3.05) is 13.1 Å². The number of carboxylic acids is 1.